The van der Waals surface area contributed by atoms with Gasteiger partial charge in [-0.15, -0.1) is 0 Å². The molecular weight excluding hydrogens is 340 g/mol. The Hall–Kier alpha value is -1.90. The molecule has 0 unspecified atom stereocenters. The first-order valence-electron chi connectivity index (χ1n) is 6.71. The van der Waals surface area contributed by atoms with E-state index >= 15 is 0 Å². The van der Waals surface area contributed by atoms with Gasteiger partial charge in [0.25, 0.3) is 0 Å². The predicted molar refractivity (Wildman–Crippen MR) is 79.4 cm³/mol. The third kappa shape index (κ3) is 3.07. The SMILES string of the molecule is O=C(O)NCC1CCN(c2nc(Br)cn3ncnc23)CC1. The quantitative estimate of drug-likeness (QED) is 0.864. The lowest BCUT2D eigenvalue weighted by Gasteiger charge is -2.32. The maximum absolute atomic E-state index is 10.5. The van der Waals surface area contributed by atoms with E-state index < -0.39 is 6.09 Å². The zero-order valence-corrected chi connectivity index (χ0v) is 12.8. The third-order valence-corrected chi connectivity index (χ3v) is 4.05. The van der Waals surface area contributed by atoms with E-state index in [9.17, 15) is 4.79 Å². The molecule has 0 radical (unpaired) electrons. The lowest BCUT2D eigenvalue weighted by atomic mass is 9.97. The average Bonchev–Trinajstić information content (AvgIpc) is 2.93. The molecule has 3 rings (SSSR count). The van der Waals surface area contributed by atoms with E-state index in [4.69, 9.17) is 5.11 Å². The van der Waals surface area contributed by atoms with Gasteiger partial charge in [-0.05, 0) is 34.7 Å². The lowest BCUT2D eigenvalue weighted by Crippen LogP contribution is -2.39. The van der Waals surface area contributed by atoms with Crippen LogP contribution in [0, 0.1) is 5.92 Å². The van der Waals surface area contributed by atoms with Crippen molar-refractivity contribution in [2.45, 2.75) is 12.8 Å². The molecule has 9 heteroatoms. The summed E-state index contributed by atoms with van der Waals surface area (Å²) in [5.41, 5.74) is 0.736. The third-order valence-electron chi connectivity index (χ3n) is 3.67. The highest BCUT2D eigenvalue weighted by Crippen LogP contribution is 2.25. The van der Waals surface area contributed by atoms with Crippen molar-refractivity contribution in [2.75, 3.05) is 24.5 Å². The van der Waals surface area contributed by atoms with Crippen LogP contribution in [0.2, 0.25) is 0 Å². The van der Waals surface area contributed by atoms with Gasteiger partial charge in [0.2, 0.25) is 0 Å². The number of carbonyl (C=O) groups is 1. The molecule has 8 nitrogen and oxygen atoms in total. The second kappa shape index (κ2) is 5.84. The van der Waals surface area contributed by atoms with E-state index in [1.54, 1.807) is 10.7 Å². The first-order valence-corrected chi connectivity index (χ1v) is 7.50. The second-order valence-electron chi connectivity index (χ2n) is 5.03. The van der Waals surface area contributed by atoms with Crippen LogP contribution in [0.25, 0.3) is 5.65 Å². The molecule has 1 fully saturated rings. The Morgan fingerprint density at radius 1 is 1.48 bits per heavy atom. The first-order chi connectivity index (χ1) is 10.1. The molecule has 0 aromatic carbocycles. The molecule has 0 aliphatic carbocycles. The van der Waals surface area contributed by atoms with Gasteiger partial charge in [0.15, 0.2) is 11.5 Å². The Balaban J connectivity index is 1.71. The number of nitrogens with zero attached hydrogens (tertiary/aromatic N) is 5. The summed E-state index contributed by atoms with van der Waals surface area (Å²) in [5, 5.41) is 15.2. The van der Waals surface area contributed by atoms with Gasteiger partial charge in [-0.2, -0.15) is 5.10 Å². The summed E-state index contributed by atoms with van der Waals surface area (Å²) >= 11 is 3.39. The van der Waals surface area contributed by atoms with Crippen LogP contribution in [-0.4, -0.2) is 50.4 Å². The minimum absolute atomic E-state index is 0.374. The van der Waals surface area contributed by atoms with Crippen molar-refractivity contribution in [1.82, 2.24) is 24.9 Å². The van der Waals surface area contributed by atoms with Gasteiger partial charge in [0.1, 0.15) is 10.9 Å². The van der Waals surface area contributed by atoms with Gasteiger partial charge < -0.3 is 15.3 Å². The monoisotopic (exact) mass is 354 g/mol. The summed E-state index contributed by atoms with van der Waals surface area (Å²) < 4.78 is 2.41. The minimum atomic E-state index is -0.962. The van der Waals surface area contributed by atoms with Gasteiger partial charge in [-0.1, -0.05) is 0 Å². The maximum Gasteiger partial charge on any atom is 0.404 e. The normalized spacial score (nSPS) is 16.3. The molecule has 2 N–H and O–H groups in total. The highest BCUT2D eigenvalue weighted by Gasteiger charge is 2.23. The van der Waals surface area contributed by atoms with Crippen molar-refractivity contribution >= 4 is 33.5 Å². The van der Waals surface area contributed by atoms with E-state index in [2.05, 4.69) is 41.2 Å². The molecule has 2 aromatic heterocycles. The van der Waals surface area contributed by atoms with Crippen LogP contribution >= 0.6 is 15.9 Å². The number of carboxylic acid groups (broad SMARTS) is 1. The van der Waals surface area contributed by atoms with Gasteiger partial charge in [-0.25, -0.2) is 19.3 Å². The summed E-state index contributed by atoms with van der Waals surface area (Å²) in [6, 6.07) is 0. The number of anilines is 1. The van der Waals surface area contributed by atoms with E-state index in [1.807, 2.05) is 0 Å². The summed E-state index contributed by atoms with van der Waals surface area (Å²) in [6.45, 7) is 2.17. The standard InChI is InChI=1S/C12H15BrN6O2/c13-9-6-19-10(15-7-16-19)11(17-9)18-3-1-8(2-4-18)5-14-12(20)21/h6-8,14H,1-5H2,(H,20,21). The van der Waals surface area contributed by atoms with Crippen molar-refractivity contribution in [3.05, 3.63) is 17.1 Å². The number of fused-ring (bicyclic) bond motifs is 1. The molecule has 3 heterocycles. The van der Waals surface area contributed by atoms with Gasteiger partial charge >= 0.3 is 6.09 Å². The summed E-state index contributed by atoms with van der Waals surface area (Å²) in [6.07, 6.45) is 4.17. The van der Waals surface area contributed by atoms with Crippen LogP contribution in [0.4, 0.5) is 10.6 Å². The Labute approximate surface area is 129 Å². The molecule has 1 aliphatic rings. The Morgan fingerprint density at radius 3 is 2.95 bits per heavy atom. The zero-order chi connectivity index (χ0) is 14.8. The summed E-state index contributed by atoms with van der Waals surface area (Å²) in [4.78, 5) is 21.5. The fraction of sp³-hybridized carbons (Fsp3) is 0.500. The average molecular weight is 355 g/mol. The number of aromatic nitrogens is 4. The highest BCUT2D eigenvalue weighted by atomic mass is 79.9. The van der Waals surface area contributed by atoms with Crippen LogP contribution in [0.1, 0.15) is 12.8 Å². The number of nitrogens with one attached hydrogen (secondary N) is 1. The maximum atomic E-state index is 10.5. The molecule has 1 amide bonds. The molecule has 112 valence electrons. The minimum Gasteiger partial charge on any atom is -0.465 e. The van der Waals surface area contributed by atoms with Crippen molar-refractivity contribution in [2.24, 2.45) is 5.92 Å². The predicted octanol–water partition coefficient (Wildman–Crippen LogP) is 1.37. The number of halogens is 1. The lowest BCUT2D eigenvalue weighted by molar-refractivity contribution is 0.191. The highest BCUT2D eigenvalue weighted by molar-refractivity contribution is 9.10. The van der Waals surface area contributed by atoms with Crippen molar-refractivity contribution in [3.8, 4) is 0 Å². The Morgan fingerprint density at radius 2 is 2.24 bits per heavy atom. The molecule has 1 saturated heterocycles. The molecule has 0 bridgehead atoms. The van der Waals surface area contributed by atoms with Gasteiger partial charge in [0.05, 0.1) is 6.20 Å². The first kappa shape index (κ1) is 14.1. The number of piperidine rings is 1. The Kier molecular flexibility index (Phi) is 3.91. The van der Waals surface area contributed by atoms with Gasteiger partial charge in [-0.3, -0.25) is 0 Å². The topological polar surface area (TPSA) is 95.7 Å². The molecular formula is C12H15BrN6O2. The van der Waals surface area contributed by atoms with Crippen LogP contribution < -0.4 is 10.2 Å². The molecule has 1 aliphatic heterocycles. The van der Waals surface area contributed by atoms with Crippen LogP contribution in [0.5, 0.6) is 0 Å². The summed E-state index contributed by atoms with van der Waals surface area (Å²) in [7, 11) is 0. The molecule has 2 aromatic rings. The van der Waals surface area contributed by atoms with Crippen LogP contribution in [-0.2, 0) is 0 Å². The number of hydrogen-bond donors (Lipinski definition) is 2. The number of rotatable bonds is 3. The summed E-state index contributed by atoms with van der Waals surface area (Å²) in [5.74, 6) is 1.19. The smallest absolute Gasteiger partial charge is 0.404 e. The molecule has 21 heavy (non-hydrogen) atoms. The van der Waals surface area contributed by atoms with Crippen LogP contribution in [0.15, 0.2) is 17.1 Å². The molecule has 0 atom stereocenters. The number of amides is 1. The van der Waals surface area contributed by atoms with Crippen molar-refractivity contribution < 1.29 is 9.90 Å². The molecule has 0 saturated carbocycles. The van der Waals surface area contributed by atoms with E-state index in [0.29, 0.717) is 17.1 Å². The largest absolute Gasteiger partial charge is 0.465 e. The van der Waals surface area contributed by atoms with Crippen molar-refractivity contribution in [3.63, 3.8) is 0 Å². The van der Waals surface area contributed by atoms with E-state index in [1.165, 1.54) is 6.33 Å². The second-order valence-corrected chi connectivity index (χ2v) is 5.84. The number of hydrogen-bond acceptors (Lipinski definition) is 5. The Bertz CT molecular complexity index is 652. The van der Waals surface area contributed by atoms with E-state index in [0.717, 1.165) is 37.4 Å². The van der Waals surface area contributed by atoms with Crippen molar-refractivity contribution in [1.29, 1.82) is 0 Å². The fourth-order valence-corrected chi connectivity index (χ4v) is 2.94. The zero-order valence-electron chi connectivity index (χ0n) is 11.2. The fourth-order valence-electron chi connectivity index (χ4n) is 2.58. The van der Waals surface area contributed by atoms with Gasteiger partial charge in [0, 0.05) is 19.6 Å². The van der Waals surface area contributed by atoms with Crippen LogP contribution in [0.3, 0.4) is 0 Å². The van der Waals surface area contributed by atoms with E-state index in [-0.39, 0.29) is 0 Å². The molecule has 0 spiro atoms.